The van der Waals surface area contributed by atoms with Gasteiger partial charge in [0.2, 0.25) is 0 Å². The Morgan fingerprint density at radius 3 is 2.63 bits per heavy atom. The molecule has 0 spiro atoms. The minimum Gasteiger partial charge on any atom is -0.348 e. The summed E-state index contributed by atoms with van der Waals surface area (Å²) in [5.74, 6) is 0. The van der Waals surface area contributed by atoms with Gasteiger partial charge in [0.25, 0.3) is 0 Å². The standard InChI is InChI=1S/C15H27N3S/c1-15(2,3)17-11-13-10-16-14(19-13)18(4)12-8-6-5-7-9-12/h10,12,17H,5-9,11H2,1-4H3. The van der Waals surface area contributed by atoms with Crippen molar-refractivity contribution in [2.75, 3.05) is 11.9 Å². The van der Waals surface area contributed by atoms with E-state index in [0.717, 1.165) is 6.54 Å². The zero-order valence-corrected chi connectivity index (χ0v) is 13.5. The van der Waals surface area contributed by atoms with Crippen LogP contribution >= 0.6 is 11.3 Å². The lowest BCUT2D eigenvalue weighted by Crippen LogP contribution is -2.34. The predicted molar refractivity (Wildman–Crippen MR) is 84.0 cm³/mol. The van der Waals surface area contributed by atoms with Crippen LogP contribution in [0.5, 0.6) is 0 Å². The first kappa shape index (κ1) is 14.8. The smallest absolute Gasteiger partial charge is 0.185 e. The van der Waals surface area contributed by atoms with E-state index in [4.69, 9.17) is 0 Å². The van der Waals surface area contributed by atoms with Gasteiger partial charge in [-0.15, -0.1) is 11.3 Å². The molecule has 0 aliphatic heterocycles. The van der Waals surface area contributed by atoms with Gasteiger partial charge in [-0.25, -0.2) is 4.98 Å². The second-order valence-electron chi connectivity index (χ2n) is 6.62. The quantitative estimate of drug-likeness (QED) is 0.910. The molecule has 0 amide bonds. The van der Waals surface area contributed by atoms with Crippen molar-refractivity contribution in [1.82, 2.24) is 10.3 Å². The van der Waals surface area contributed by atoms with Crippen molar-refractivity contribution in [3.63, 3.8) is 0 Å². The fraction of sp³-hybridized carbons (Fsp3) is 0.800. The summed E-state index contributed by atoms with van der Waals surface area (Å²) in [5, 5.41) is 4.70. The van der Waals surface area contributed by atoms with Gasteiger partial charge >= 0.3 is 0 Å². The van der Waals surface area contributed by atoms with E-state index >= 15 is 0 Å². The van der Waals surface area contributed by atoms with Crippen LogP contribution in [0.4, 0.5) is 5.13 Å². The topological polar surface area (TPSA) is 28.2 Å². The minimum absolute atomic E-state index is 0.166. The van der Waals surface area contributed by atoms with Gasteiger partial charge in [0.1, 0.15) is 0 Å². The Morgan fingerprint density at radius 1 is 1.32 bits per heavy atom. The number of rotatable bonds is 4. The van der Waals surface area contributed by atoms with E-state index in [0.29, 0.717) is 6.04 Å². The third-order valence-electron chi connectivity index (χ3n) is 3.76. The summed E-state index contributed by atoms with van der Waals surface area (Å²) in [4.78, 5) is 8.32. The van der Waals surface area contributed by atoms with Gasteiger partial charge < -0.3 is 10.2 Å². The molecule has 1 N–H and O–H groups in total. The Bertz CT molecular complexity index is 388. The average molecular weight is 281 g/mol. The molecule has 1 fully saturated rings. The zero-order chi connectivity index (χ0) is 13.9. The lowest BCUT2D eigenvalue weighted by atomic mass is 9.95. The predicted octanol–water partition coefficient (Wildman–Crippen LogP) is 3.80. The maximum Gasteiger partial charge on any atom is 0.185 e. The monoisotopic (exact) mass is 281 g/mol. The minimum atomic E-state index is 0.166. The maximum absolute atomic E-state index is 4.60. The van der Waals surface area contributed by atoms with Gasteiger partial charge in [0, 0.05) is 36.2 Å². The van der Waals surface area contributed by atoms with Crippen LogP contribution < -0.4 is 10.2 Å². The van der Waals surface area contributed by atoms with Crippen molar-refractivity contribution >= 4 is 16.5 Å². The first-order chi connectivity index (χ1) is 8.96. The second-order valence-corrected chi connectivity index (χ2v) is 7.71. The molecule has 0 unspecified atom stereocenters. The number of hydrogen-bond acceptors (Lipinski definition) is 4. The molecule has 1 aromatic heterocycles. The number of nitrogens with zero attached hydrogens (tertiary/aromatic N) is 2. The van der Waals surface area contributed by atoms with Crippen molar-refractivity contribution in [2.24, 2.45) is 0 Å². The second kappa shape index (κ2) is 6.23. The van der Waals surface area contributed by atoms with Gasteiger partial charge in [0.15, 0.2) is 5.13 Å². The number of anilines is 1. The summed E-state index contributed by atoms with van der Waals surface area (Å²) in [5.41, 5.74) is 0.166. The van der Waals surface area contributed by atoms with E-state index in [2.05, 4.69) is 43.0 Å². The van der Waals surface area contributed by atoms with Crippen molar-refractivity contribution in [3.8, 4) is 0 Å². The van der Waals surface area contributed by atoms with Crippen molar-refractivity contribution in [3.05, 3.63) is 11.1 Å². The van der Waals surface area contributed by atoms with E-state index < -0.39 is 0 Å². The van der Waals surface area contributed by atoms with Crippen molar-refractivity contribution in [1.29, 1.82) is 0 Å². The average Bonchev–Trinajstić information content (AvgIpc) is 2.84. The molecule has 0 bridgehead atoms. The highest BCUT2D eigenvalue weighted by molar-refractivity contribution is 7.15. The summed E-state index contributed by atoms with van der Waals surface area (Å²) in [6.07, 6.45) is 8.83. The lowest BCUT2D eigenvalue weighted by molar-refractivity contribution is 0.426. The normalized spacial score (nSPS) is 17.7. The highest BCUT2D eigenvalue weighted by Gasteiger charge is 2.20. The molecule has 0 aromatic carbocycles. The highest BCUT2D eigenvalue weighted by atomic mass is 32.1. The number of aromatic nitrogens is 1. The summed E-state index contributed by atoms with van der Waals surface area (Å²) >= 11 is 1.83. The summed E-state index contributed by atoms with van der Waals surface area (Å²) < 4.78 is 0. The Kier molecular flexibility index (Phi) is 4.85. The molecule has 108 valence electrons. The van der Waals surface area contributed by atoms with Crippen molar-refractivity contribution < 1.29 is 0 Å². The van der Waals surface area contributed by atoms with Gasteiger partial charge in [-0.3, -0.25) is 0 Å². The largest absolute Gasteiger partial charge is 0.348 e. The van der Waals surface area contributed by atoms with Gasteiger partial charge in [-0.1, -0.05) is 19.3 Å². The molecular weight excluding hydrogens is 254 g/mol. The number of hydrogen-bond donors (Lipinski definition) is 1. The van der Waals surface area contributed by atoms with E-state index in [1.165, 1.54) is 42.1 Å². The van der Waals surface area contributed by atoms with E-state index in [9.17, 15) is 0 Å². The Hall–Kier alpha value is -0.610. The Morgan fingerprint density at radius 2 is 2.00 bits per heavy atom. The molecule has 1 aliphatic rings. The third-order valence-corrected chi connectivity index (χ3v) is 4.85. The van der Waals surface area contributed by atoms with Crippen LogP contribution in [0.1, 0.15) is 57.8 Å². The van der Waals surface area contributed by atoms with Crippen LogP contribution in [0.15, 0.2) is 6.20 Å². The fourth-order valence-electron chi connectivity index (χ4n) is 2.52. The Labute approximate surface area is 121 Å². The lowest BCUT2D eigenvalue weighted by Gasteiger charge is -2.30. The summed E-state index contributed by atoms with van der Waals surface area (Å²) in [6.45, 7) is 7.51. The SMILES string of the molecule is CN(c1ncc(CNC(C)(C)C)s1)C1CCCCC1. The molecule has 4 heteroatoms. The fourth-order valence-corrected chi connectivity index (χ4v) is 3.40. The van der Waals surface area contributed by atoms with E-state index in [-0.39, 0.29) is 5.54 Å². The van der Waals surface area contributed by atoms with Crippen LogP contribution in [0.3, 0.4) is 0 Å². The molecule has 1 heterocycles. The first-order valence-corrected chi connectivity index (χ1v) is 8.20. The van der Waals surface area contributed by atoms with Gasteiger partial charge in [0.05, 0.1) is 0 Å². The van der Waals surface area contributed by atoms with Gasteiger partial charge in [-0.05, 0) is 33.6 Å². The molecule has 0 atom stereocenters. The number of nitrogens with one attached hydrogen (secondary N) is 1. The molecule has 0 radical (unpaired) electrons. The summed E-state index contributed by atoms with van der Waals surface area (Å²) in [6, 6.07) is 0.698. The molecular formula is C15H27N3S. The molecule has 1 aliphatic carbocycles. The molecule has 0 saturated heterocycles. The van der Waals surface area contributed by atoms with E-state index in [1.807, 2.05) is 17.5 Å². The van der Waals surface area contributed by atoms with Crippen LogP contribution in [-0.4, -0.2) is 23.6 Å². The van der Waals surface area contributed by atoms with Gasteiger partial charge in [-0.2, -0.15) is 0 Å². The highest BCUT2D eigenvalue weighted by Crippen LogP contribution is 2.29. The molecule has 3 nitrogen and oxygen atoms in total. The third kappa shape index (κ3) is 4.46. The van der Waals surface area contributed by atoms with E-state index in [1.54, 1.807) is 0 Å². The molecule has 2 rings (SSSR count). The van der Waals surface area contributed by atoms with Crippen LogP contribution in [0, 0.1) is 0 Å². The molecule has 1 saturated carbocycles. The van der Waals surface area contributed by atoms with Crippen LogP contribution in [-0.2, 0) is 6.54 Å². The van der Waals surface area contributed by atoms with Crippen molar-refractivity contribution in [2.45, 2.75) is 71.0 Å². The molecule has 19 heavy (non-hydrogen) atoms. The summed E-state index contributed by atoms with van der Waals surface area (Å²) in [7, 11) is 2.20. The first-order valence-electron chi connectivity index (χ1n) is 7.38. The zero-order valence-electron chi connectivity index (χ0n) is 12.7. The molecule has 1 aromatic rings. The van der Waals surface area contributed by atoms with Crippen LogP contribution in [0.25, 0.3) is 0 Å². The Balaban J connectivity index is 1.92. The number of thiazole rings is 1. The van der Waals surface area contributed by atoms with Crippen LogP contribution in [0.2, 0.25) is 0 Å². The maximum atomic E-state index is 4.60.